The van der Waals surface area contributed by atoms with Crippen LogP contribution in [-0.4, -0.2) is 15.2 Å². The number of aromatic hydroxyl groups is 1. The Morgan fingerprint density at radius 2 is 2.00 bits per heavy atom. The van der Waals surface area contributed by atoms with Gasteiger partial charge in [0.15, 0.2) is 0 Å². The van der Waals surface area contributed by atoms with Gasteiger partial charge in [-0.15, -0.1) is 0 Å². The summed E-state index contributed by atoms with van der Waals surface area (Å²) in [5.74, 6) is 0.200. The van der Waals surface area contributed by atoms with Crippen molar-refractivity contribution in [2.45, 2.75) is 18.9 Å². The number of aromatic nitrogens is 1. The first-order chi connectivity index (χ1) is 9.08. The van der Waals surface area contributed by atoms with Crippen molar-refractivity contribution in [2.75, 3.05) is 0 Å². The number of nitrogens with zero attached hydrogens (tertiary/aromatic N) is 1. The Bertz CT molecular complexity index is 658. The van der Waals surface area contributed by atoms with Gasteiger partial charge in [-0.2, -0.15) is 0 Å². The summed E-state index contributed by atoms with van der Waals surface area (Å²) in [5, 5.41) is 20.3. The molecule has 0 spiro atoms. The topological polar surface area (TPSA) is 53.4 Å². The number of phenolic OH excluding ortho intramolecular Hbond substituents is 1. The predicted molar refractivity (Wildman–Crippen MR) is 79.2 cm³/mol. The fourth-order valence-corrected chi connectivity index (χ4v) is 3.42. The summed E-state index contributed by atoms with van der Waals surface area (Å²) < 4.78 is 1.57. The van der Waals surface area contributed by atoms with Gasteiger partial charge in [0.25, 0.3) is 0 Å². The smallest absolute Gasteiger partial charge is 0.130 e. The van der Waals surface area contributed by atoms with Crippen molar-refractivity contribution >= 4 is 31.9 Å². The number of aryl methyl sites for hydroxylation is 1. The zero-order valence-corrected chi connectivity index (χ0v) is 13.1. The lowest BCUT2D eigenvalue weighted by atomic mass is 10.0. The average molecular weight is 385 g/mol. The molecule has 2 N–H and O–H groups in total. The molecule has 2 aromatic rings. The lowest BCUT2D eigenvalue weighted by Crippen LogP contribution is -2.05. The van der Waals surface area contributed by atoms with E-state index >= 15 is 0 Å². The van der Waals surface area contributed by atoms with E-state index in [4.69, 9.17) is 0 Å². The van der Waals surface area contributed by atoms with Crippen LogP contribution in [0.15, 0.2) is 33.3 Å². The summed E-state index contributed by atoms with van der Waals surface area (Å²) >= 11 is 6.80. The Balaban J connectivity index is 2.19. The zero-order valence-electron chi connectivity index (χ0n) is 9.90. The molecule has 1 aliphatic rings. The van der Waals surface area contributed by atoms with Crippen LogP contribution < -0.4 is 0 Å². The minimum atomic E-state index is -0.752. The van der Waals surface area contributed by atoms with Crippen LogP contribution in [0.1, 0.15) is 28.5 Å². The Labute approximate surface area is 127 Å². The highest BCUT2D eigenvalue weighted by Crippen LogP contribution is 2.38. The number of phenols is 1. The van der Waals surface area contributed by atoms with Crippen LogP contribution in [0.3, 0.4) is 0 Å². The van der Waals surface area contributed by atoms with Crippen molar-refractivity contribution < 1.29 is 10.2 Å². The van der Waals surface area contributed by atoms with E-state index < -0.39 is 6.10 Å². The summed E-state index contributed by atoms with van der Waals surface area (Å²) in [6.07, 6.45) is 2.49. The summed E-state index contributed by atoms with van der Waals surface area (Å²) in [4.78, 5) is 4.34. The lowest BCUT2D eigenvalue weighted by Gasteiger charge is -2.15. The molecule has 0 saturated carbocycles. The summed E-state index contributed by atoms with van der Waals surface area (Å²) in [6.45, 7) is 0. The SMILES string of the molecule is Oc1ccc2c(c1Br)CCc1cc(Br)cnc1C2O. The first-order valence-corrected chi connectivity index (χ1v) is 7.49. The number of pyridine rings is 1. The van der Waals surface area contributed by atoms with Gasteiger partial charge in [-0.3, -0.25) is 4.98 Å². The highest BCUT2D eigenvalue weighted by atomic mass is 79.9. The predicted octanol–water partition coefficient (Wildman–Crippen LogP) is 3.49. The van der Waals surface area contributed by atoms with Crippen LogP contribution in [-0.2, 0) is 12.8 Å². The molecule has 0 amide bonds. The minimum absolute atomic E-state index is 0.200. The second-order valence-corrected chi connectivity index (χ2v) is 6.28. The molecule has 1 heterocycles. The number of halogens is 2. The van der Waals surface area contributed by atoms with Crippen LogP contribution in [0.5, 0.6) is 5.75 Å². The van der Waals surface area contributed by atoms with E-state index in [0.29, 0.717) is 10.2 Å². The number of aliphatic hydroxyl groups is 1. The molecule has 1 atom stereocenters. The third-order valence-electron chi connectivity index (χ3n) is 3.43. The second kappa shape index (κ2) is 4.89. The van der Waals surface area contributed by atoms with Gasteiger partial charge in [0.1, 0.15) is 11.9 Å². The monoisotopic (exact) mass is 383 g/mol. The van der Waals surface area contributed by atoms with E-state index in [-0.39, 0.29) is 5.75 Å². The molecule has 0 bridgehead atoms. The van der Waals surface area contributed by atoms with Crippen molar-refractivity contribution in [3.05, 3.63) is 55.7 Å². The maximum absolute atomic E-state index is 10.5. The van der Waals surface area contributed by atoms with Gasteiger partial charge < -0.3 is 10.2 Å². The Hall–Kier alpha value is -0.910. The van der Waals surface area contributed by atoms with Crippen LogP contribution >= 0.6 is 31.9 Å². The number of hydrogen-bond donors (Lipinski definition) is 2. The van der Waals surface area contributed by atoms with Crippen molar-refractivity contribution in [1.29, 1.82) is 0 Å². The van der Waals surface area contributed by atoms with Crippen molar-refractivity contribution in [3.8, 4) is 5.75 Å². The molecular formula is C14H11Br2NO2. The number of benzene rings is 1. The van der Waals surface area contributed by atoms with Gasteiger partial charge >= 0.3 is 0 Å². The van der Waals surface area contributed by atoms with Crippen molar-refractivity contribution in [2.24, 2.45) is 0 Å². The van der Waals surface area contributed by atoms with Crippen LogP contribution in [0.2, 0.25) is 0 Å². The summed E-state index contributed by atoms with van der Waals surface area (Å²) in [7, 11) is 0. The van der Waals surface area contributed by atoms with Crippen LogP contribution in [0, 0.1) is 0 Å². The molecule has 1 aromatic carbocycles. The number of fused-ring (bicyclic) bond motifs is 2. The van der Waals surface area contributed by atoms with Crippen molar-refractivity contribution in [3.63, 3.8) is 0 Å². The highest BCUT2D eigenvalue weighted by molar-refractivity contribution is 9.10. The first-order valence-electron chi connectivity index (χ1n) is 5.90. The Kier molecular flexibility index (Phi) is 3.37. The maximum atomic E-state index is 10.5. The van der Waals surface area contributed by atoms with Crippen LogP contribution in [0.25, 0.3) is 0 Å². The van der Waals surface area contributed by atoms with Gasteiger partial charge in [0.2, 0.25) is 0 Å². The molecule has 0 saturated heterocycles. The van der Waals surface area contributed by atoms with E-state index in [1.54, 1.807) is 18.3 Å². The molecular weight excluding hydrogens is 374 g/mol. The third-order valence-corrected chi connectivity index (χ3v) is 4.74. The maximum Gasteiger partial charge on any atom is 0.130 e. The van der Waals surface area contributed by atoms with Gasteiger partial charge in [-0.05, 0) is 73.5 Å². The Morgan fingerprint density at radius 1 is 1.21 bits per heavy atom. The number of rotatable bonds is 0. The molecule has 3 rings (SSSR count). The molecule has 5 heteroatoms. The normalized spacial score (nSPS) is 17.5. The molecule has 3 nitrogen and oxygen atoms in total. The first kappa shape index (κ1) is 13.1. The van der Waals surface area contributed by atoms with E-state index in [9.17, 15) is 10.2 Å². The van der Waals surface area contributed by atoms with Gasteiger partial charge in [-0.1, -0.05) is 6.07 Å². The van der Waals surface area contributed by atoms with Crippen molar-refractivity contribution in [1.82, 2.24) is 4.98 Å². The summed E-state index contributed by atoms with van der Waals surface area (Å²) in [6, 6.07) is 5.35. The largest absolute Gasteiger partial charge is 0.507 e. The minimum Gasteiger partial charge on any atom is -0.507 e. The summed E-state index contributed by atoms with van der Waals surface area (Å²) in [5.41, 5.74) is 3.48. The van der Waals surface area contributed by atoms with Gasteiger partial charge in [-0.25, -0.2) is 0 Å². The second-order valence-electron chi connectivity index (χ2n) is 4.57. The molecule has 0 aliphatic heterocycles. The zero-order chi connectivity index (χ0) is 13.6. The van der Waals surface area contributed by atoms with Crippen LogP contribution in [0.4, 0.5) is 0 Å². The van der Waals surface area contributed by atoms with Gasteiger partial charge in [0.05, 0.1) is 10.2 Å². The van der Waals surface area contributed by atoms with E-state index in [1.165, 1.54) is 0 Å². The van der Waals surface area contributed by atoms with Gasteiger partial charge in [0, 0.05) is 10.7 Å². The molecule has 1 aromatic heterocycles. The third kappa shape index (κ3) is 2.20. The molecule has 0 fully saturated rings. The lowest BCUT2D eigenvalue weighted by molar-refractivity contribution is 0.214. The molecule has 0 radical (unpaired) electrons. The fraction of sp³-hybridized carbons (Fsp3) is 0.214. The molecule has 19 heavy (non-hydrogen) atoms. The molecule has 98 valence electrons. The highest BCUT2D eigenvalue weighted by Gasteiger charge is 2.25. The van der Waals surface area contributed by atoms with E-state index in [2.05, 4.69) is 36.8 Å². The fourth-order valence-electron chi connectivity index (χ4n) is 2.48. The molecule has 1 aliphatic carbocycles. The number of aliphatic hydroxyl groups excluding tert-OH is 1. The standard InChI is InChI=1S/C14H11Br2NO2/c15-8-5-7-1-2-9-10(3-4-11(18)12(9)16)14(19)13(7)17-6-8/h3-6,14,18-19H,1-2H2. The number of hydrogen-bond acceptors (Lipinski definition) is 3. The average Bonchev–Trinajstić information content (AvgIpc) is 2.52. The van der Waals surface area contributed by atoms with E-state index in [0.717, 1.165) is 34.0 Å². The quantitative estimate of drug-likeness (QED) is 0.730. The van der Waals surface area contributed by atoms with E-state index in [1.807, 2.05) is 6.07 Å². The molecule has 1 unspecified atom stereocenters. The Morgan fingerprint density at radius 3 is 2.79 bits per heavy atom.